The lowest BCUT2D eigenvalue weighted by Crippen LogP contribution is -2.53. The lowest BCUT2D eigenvalue weighted by Gasteiger charge is -2.34. The maximum Gasteiger partial charge on any atom is 0.337 e. The first-order valence-corrected chi connectivity index (χ1v) is 6.89. The lowest BCUT2D eigenvalue weighted by atomic mass is 10.2. The minimum absolute atomic E-state index is 0.0562. The van der Waals surface area contributed by atoms with Crippen LogP contribution in [-0.2, 0) is 16.1 Å². The molecule has 1 aromatic heterocycles. The van der Waals surface area contributed by atoms with E-state index in [9.17, 15) is 9.59 Å². The highest BCUT2D eigenvalue weighted by Gasteiger charge is 2.29. The number of carboxylic acid groups (broad SMARTS) is 1. The molecule has 0 spiro atoms. The molecule has 7 heteroatoms. The van der Waals surface area contributed by atoms with Crippen molar-refractivity contribution in [3.8, 4) is 0 Å². The number of ether oxygens (including phenoxy) is 1. The molecule has 2 rings (SSSR count). The van der Waals surface area contributed by atoms with E-state index in [1.807, 2.05) is 11.8 Å². The van der Waals surface area contributed by atoms with Crippen LogP contribution in [0.5, 0.6) is 0 Å². The summed E-state index contributed by atoms with van der Waals surface area (Å²) in [6.45, 7) is 4.52. The molecule has 1 fully saturated rings. The predicted octanol–water partition coefficient (Wildman–Crippen LogP) is 0.117. The number of amides is 1. The number of aromatic nitrogens is 1. The van der Waals surface area contributed by atoms with Crippen molar-refractivity contribution >= 4 is 11.9 Å². The monoisotopic (exact) mass is 293 g/mol. The van der Waals surface area contributed by atoms with Gasteiger partial charge in [-0.25, -0.2) is 4.79 Å². The molecule has 1 aliphatic heterocycles. The summed E-state index contributed by atoms with van der Waals surface area (Å²) in [6.07, 6.45) is 1.33. The number of rotatable bonds is 5. The van der Waals surface area contributed by atoms with E-state index < -0.39 is 5.97 Å². The molecule has 114 valence electrons. The van der Waals surface area contributed by atoms with Gasteiger partial charge in [-0.3, -0.25) is 14.7 Å². The van der Waals surface area contributed by atoms with Crippen LogP contribution in [0.2, 0.25) is 0 Å². The molecule has 1 aliphatic rings. The fraction of sp³-hybridized carbons (Fsp3) is 0.500. The Bertz CT molecular complexity index is 503. The first-order valence-electron chi connectivity index (χ1n) is 6.89. The number of hydrogen-bond acceptors (Lipinski definition) is 5. The molecule has 1 saturated heterocycles. The van der Waals surface area contributed by atoms with E-state index in [2.05, 4.69) is 10.3 Å². The molecule has 0 radical (unpaired) electrons. The fourth-order valence-corrected chi connectivity index (χ4v) is 2.21. The maximum atomic E-state index is 12.0. The summed E-state index contributed by atoms with van der Waals surface area (Å²) in [5.74, 6) is -1.06. The molecule has 21 heavy (non-hydrogen) atoms. The van der Waals surface area contributed by atoms with Crippen molar-refractivity contribution in [2.24, 2.45) is 0 Å². The zero-order chi connectivity index (χ0) is 15.2. The number of carbonyl (C=O) groups is 2. The standard InChI is InChI=1S/C14H19N3O4/c1-2-15-13(18)12-9-21-6-5-17(12)8-11-4-3-10(7-16-11)14(19)20/h3-4,7,12H,2,5-6,8-9H2,1H3,(H,15,18)(H,19,20). The Kier molecular flexibility index (Phi) is 5.24. The molecule has 2 N–H and O–H groups in total. The molecule has 0 aromatic carbocycles. The van der Waals surface area contributed by atoms with Gasteiger partial charge in [-0.1, -0.05) is 0 Å². The average molecular weight is 293 g/mol. The van der Waals surface area contributed by atoms with Crippen LogP contribution in [0.1, 0.15) is 23.0 Å². The van der Waals surface area contributed by atoms with Crippen LogP contribution in [0.4, 0.5) is 0 Å². The number of carboxylic acids is 1. The predicted molar refractivity (Wildman–Crippen MR) is 74.9 cm³/mol. The van der Waals surface area contributed by atoms with Crippen molar-refractivity contribution in [1.29, 1.82) is 0 Å². The second-order valence-corrected chi connectivity index (χ2v) is 4.80. The third-order valence-corrected chi connectivity index (χ3v) is 3.33. The zero-order valence-corrected chi connectivity index (χ0v) is 11.9. The number of nitrogens with zero attached hydrogens (tertiary/aromatic N) is 2. The van der Waals surface area contributed by atoms with Crippen LogP contribution in [0.25, 0.3) is 0 Å². The summed E-state index contributed by atoms with van der Waals surface area (Å²) in [5, 5.41) is 11.6. The molecule has 2 heterocycles. The molecular formula is C14H19N3O4. The molecule has 1 atom stereocenters. The van der Waals surface area contributed by atoms with Crippen LogP contribution in [0, 0.1) is 0 Å². The van der Waals surface area contributed by atoms with Gasteiger partial charge < -0.3 is 15.2 Å². The van der Waals surface area contributed by atoms with Crippen LogP contribution >= 0.6 is 0 Å². The van der Waals surface area contributed by atoms with Gasteiger partial charge in [0.2, 0.25) is 5.91 Å². The number of carbonyl (C=O) groups excluding carboxylic acids is 1. The fourth-order valence-electron chi connectivity index (χ4n) is 2.21. The number of likely N-dealkylation sites (N-methyl/N-ethyl adjacent to an activating group) is 1. The van der Waals surface area contributed by atoms with Crippen molar-refractivity contribution in [3.63, 3.8) is 0 Å². The van der Waals surface area contributed by atoms with E-state index in [4.69, 9.17) is 9.84 Å². The SMILES string of the molecule is CCNC(=O)C1COCCN1Cc1ccc(C(=O)O)cn1. The molecule has 0 bridgehead atoms. The summed E-state index contributed by atoms with van der Waals surface area (Å²) < 4.78 is 5.37. The van der Waals surface area contributed by atoms with Crippen molar-refractivity contribution in [2.45, 2.75) is 19.5 Å². The minimum Gasteiger partial charge on any atom is -0.478 e. The van der Waals surface area contributed by atoms with Gasteiger partial charge in [0.1, 0.15) is 6.04 Å². The van der Waals surface area contributed by atoms with Gasteiger partial charge in [0.15, 0.2) is 0 Å². The summed E-state index contributed by atoms with van der Waals surface area (Å²) >= 11 is 0. The Morgan fingerprint density at radius 3 is 2.95 bits per heavy atom. The highest BCUT2D eigenvalue weighted by Crippen LogP contribution is 2.12. The van der Waals surface area contributed by atoms with E-state index in [1.54, 1.807) is 6.07 Å². The second kappa shape index (κ2) is 7.14. The topological polar surface area (TPSA) is 91.8 Å². The lowest BCUT2D eigenvalue weighted by molar-refractivity contribution is -0.132. The number of nitrogens with one attached hydrogen (secondary N) is 1. The Labute approximate surface area is 122 Å². The Balaban J connectivity index is 2.04. The number of aromatic carboxylic acids is 1. The van der Waals surface area contributed by atoms with Crippen LogP contribution in [0.15, 0.2) is 18.3 Å². The molecule has 0 saturated carbocycles. The van der Waals surface area contributed by atoms with Gasteiger partial charge in [0, 0.05) is 25.8 Å². The third kappa shape index (κ3) is 3.99. The van der Waals surface area contributed by atoms with Crippen molar-refractivity contribution in [2.75, 3.05) is 26.3 Å². The third-order valence-electron chi connectivity index (χ3n) is 3.33. The number of hydrogen-bond donors (Lipinski definition) is 2. The second-order valence-electron chi connectivity index (χ2n) is 4.80. The van der Waals surface area contributed by atoms with E-state index in [-0.39, 0.29) is 17.5 Å². The zero-order valence-electron chi connectivity index (χ0n) is 11.9. The highest BCUT2D eigenvalue weighted by molar-refractivity contribution is 5.87. The Morgan fingerprint density at radius 2 is 2.33 bits per heavy atom. The molecule has 1 unspecified atom stereocenters. The minimum atomic E-state index is -0.999. The Morgan fingerprint density at radius 1 is 1.52 bits per heavy atom. The molecule has 1 aromatic rings. The summed E-state index contributed by atoms with van der Waals surface area (Å²) in [6, 6.07) is 2.86. The number of morpholine rings is 1. The first-order chi connectivity index (χ1) is 10.1. The van der Waals surface area contributed by atoms with Gasteiger partial charge in [-0.2, -0.15) is 0 Å². The maximum absolute atomic E-state index is 12.0. The largest absolute Gasteiger partial charge is 0.478 e. The van der Waals surface area contributed by atoms with E-state index in [0.717, 1.165) is 5.69 Å². The highest BCUT2D eigenvalue weighted by atomic mass is 16.5. The smallest absolute Gasteiger partial charge is 0.337 e. The van der Waals surface area contributed by atoms with E-state index in [0.29, 0.717) is 32.8 Å². The van der Waals surface area contributed by atoms with Crippen LogP contribution < -0.4 is 5.32 Å². The molecule has 0 aliphatic carbocycles. The van der Waals surface area contributed by atoms with Crippen LogP contribution in [-0.4, -0.2) is 59.2 Å². The summed E-state index contributed by atoms with van der Waals surface area (Å²) in [4.78, 5) is 28.9. The normalized spacial score (nSPS) is 19.2. The molecule has 1 amide bonds. The van der Waals surface area contributed by atoms with Gasteiger partial charge >= 0.3 is 5.97 Å². The van der Waals surface area contributed by atoms with Gasteiger partial charge in [0.25, 0.3) is 0 Å². The summed E-state index contributed by atoms with van der Waals surface area (Å²) in [7, 11) is 0. The first kappa shape index (κ1) is 15.4. The number of pyridine rings is 1. The van der Waals surface area contributed by atoms with Crippen LogP contribution in [0.3, 0.4) is 0 Å². The Hall–Kier alpha value is -1.99. The molecular weight excluding hydrogens is 274 g/mol. The van der Waals surface area contributed by atoms with Crippen molar-refractivity contribution in [1.82, 2.24) is 15.2 Å². The van der Waals surface area contributed by atoms with Gasteiger partial charge in [-0.05, 0) is 19.1 Å². The van der Waals surface area contributed by atoms with Crippen molar-refractivity contribution < 1.29 is 19.4 Å². The summed E-state index contributed by atoms with van der Waals surface area (Å²) in [5.41, 5.74) is 0.886. The van der Waals surface area contributed by atoms with Gasteiger partial charge in [-0.15, -0.1) is 0 Å². The van der Waals surface area contributed by atoms with Crippen molar-refractivity contribution in [3.05, 3.63) is 29.6 Å². The average Bonchev–Trinajstić information content (AvgIpc) is 2.48. The molecule has 7 nitrogen and oxygen atoms in total. The van der Waals surface area contributed by atoms with Gasteiger partial charge in [0.05, 0.1) is 24.5 Å². The van der Waals surface area contributed by atoms with E-state index in [1.165, 1.54) is 12.3 Å². The quantitative estimate of drug-likeness (QED) is 0.801. The van der Waals surface area contributed by atoms with E-state index >= 15 is 0 Å².